The largest absolute Gasteiger partial charge is 0.726 e. The fourth-order valence-corrected chi connectivity index (χ4v) is 2.91. The third-order valence-electron chi connectivity index (χ3n) is 3.31. The first-order valence-electron chi connectivity index (χ1n) is 6.72. The van der Waals surface area contributed by atoms with Crippen molar-refractivity contribution in [2.75, 3.05) is 0 Å². The van der Waals surface area contributed by atoms with Gasteiger partial charge in [0.1, 0.15) is 0 Å². The quantitative estimate of drug-likeness (QED) is 0.567. The van der Waals surface area contributed by atoms with Crippen molar-refractivity contribution in [2.24, 2.45) is 0 Å². The average molecular weight is 263 g/mol. The highest BCUT2D eigenvalue weighted by atomic mass is 32.3. The van der Waals surface area contributed by atoms with Crippen LogP contribution in [0.2, 0.25) is 0 Å². The van der Waals surface area contributed by atoms with E-state index in [-0.39, 0.29) is 0 Å². The van der Waals surface area contributed by atoms with Crippen molar-refractivity contribution >= 4 is 10.4 Å². The van der Waals surface area contributed by atoms with Crippen LogP contribution >= 0.6 is 0 Å². The Morgan fingerprint density at radius 1 is 0.765 bits per heavy atom. The first-order valence-corrected chi connectivity index (χ1v) is 8.05. The van der Waals surface area contributed by atoms with E-state index in [2.05, 4.69) is 4.18 Å². The predicted octanol–water partition coefficient (Wildman–Crippen LogP) is 3.14. The molecule has 1 aliphatic carbocycles. The van der Waals surface area contributed by atoms with E-state index in [1.165, 1.54) is 32.1 Å². The molecule has 0 heterocycles. The molecule has 0 aromatic carbocycles. The van der Waals surface area contributed by atoms with Gasteiger partial charge in [-0.05, 0) is 12.8 Å². The van der Waals surface area contributed by atoms with Gasteiger partial charge < -0.3 is 4.55 Å². The lowest BCUT2D eigenvalue weighted by molar-refractivity contribution is 0.154. The highest BCUT2D eigenvalue weighted by Crippen LogP contribution is 2.19. The van der Waals surface area contributed by atoms with Gasteiger partial charge in [-0.3, -0.25) is 4.18 Å². The third kappa shape index (κ3) is 8.57. The zero-order chi connectivity index (χ0) is 12.6. The molecule has 4 nitrogen and oxygen atoms in total. The topological polar surface area (TPSA) is 66.4 Å². The van der Waals surface area contributed by atoms with Gasteiger partial charge >= 0.3 is 0 Å². The molecule has 0 amide bonds. The van der Waals surface area contributed by atoms with Crippen LogP contribution in [-0.4, -0.2) is 19.1 Å². The van der Waals surface area contributed by atoms with E-state index in [1.807, 2.05) is 0 Å². The zero-order valence-electron chi connectivity index (χ0n) is 10.4. The number of rotatable bonds is 2. The van der Waals surface area contributed by atoms with Crippen LogP contribution in [0.15, 0.2) is 0 Å². The van der Waals surface area contributed by atoms with Gasteiger partial charge in [-0.2, -0.15) is 0 Å². The molecule has 0 unspecified atom stereocenters. The second-order valence-electron chi connectivity index (χ2n) is 4.89. The Kier molecular flexibility index (Phi) is 7.08. The summed E-state index contributed by atoms with van der Waals surface area (Å²) in [4.78, 5) is 0. The number of hydrogen-bond donors (Lipinski definition) is 0. The summed E-state index contributed by atoms with van der Waals surface area (Å²) in [7, 11) is -4.54. The van der Waals surface area contributed by atoms with Gasteiger partial charge in [-0.25, -0.2) is 8.42 Å². The Morgan fingerprint density at radius 3 is 1.47 bits per heavy atom. The van der Waals surface area contributed by atoms with Crippen LogP contribution in [0.3, 0.4) is 0 Å². The van der Waals surface area contributed by atoms with Crippen molar-refractivity contribution in [3.05, 3.63) is 0 Å². The fraction of sp³-hybridized carbons (Fsp3) is 1.00. The van der Waals surface area contributed by atoms with Crippen LogP contribution in [0.4, 0.5) is 0 Å². The second-order valence-corrected chi connectivity index (χ2v) is 5.89. The van der Waals surface area contributed by atoms with E-state index >= 15 is 0 Å². The van der Waals surface area contributed by atoms with E-state index in [0.717, 1.165) is 25.7 Å². The monoisotopic (exact) mass is 263 g/mol. The summed E-state index contributed by atoms with van der Waals surface area (Å²) in [6, 6.07) is 0. The summed E-state index contributed by atoms with van der Waals surface area (Å²) >= 11 is 0. The zero-order valence-corrected chi connectivity index (χ0v) is 11.2. The predicted molar refractivity (Wildman–Crippen MR) is 65.4 cm³/mol. The molecule has 1 fully saturated rings. The van der Waals surface area contributed by atoms with Crippen molar-refractivity contribution < 1.29 is 17.2 Å². The maximum Gasteiger partial charge on any atom is 0.217 e. The van der Waals surface area contributed by atoms with Gasteiger partial charge in [0.05, 0.1) is 6.10 Å². The van der Waals surface area contributed by atoms with Crippen molar-refractivity contribution in [1.82, 2.24) is 0 Å². The van der Waals surface area contributed by atoms with Gasteiger partial charge in [0.2, 0.25) is 10.4 Å². The molecule has 0 aromatic heterocycles. The highest BCUT2D eigenvalue weighted by Gasteiger charge is 2.12. The maximum atomic E-state index is 10.6. The van der Waals surface area contributed by atoms with Crippen LogP contribution in [0.25, 0.3) is 0 Å². The molecule has 1 aliphatic rings. The first kappa shape index (κ1) is 14.9. The minimum atomic E-state index is -4.54. The smallest absolute Gasteiger partial charge is 0.217 e. The van der Waals surface area contributed by atoms with Crippen LogP contribution < -0.4 is 0 Å². The molecule has 0 bridgehead atoms. The van der Waals surface area contributed by atoms with Crippen LogP contribution in [-0.2, 0) is 14.6 Å². The van der Waals surface area contributed by atoms with Gasteiger partial charge in [-0.1, -0.05) is 57.8 Å². The lowest BCUT2D eigenvalue weighted by Gasteiger charge is -2.19. The molecule has 1 rings (SSSR count). The average Bonchev–Trinajstić information content (AvgIpc) is 2.20. The summed E-state index contributed by atoms with van der Waals surface area (Å²) < 4.78 is 36.4. The summed E-state index contributed by atoms with van der Waals surface area (Å²) in [6.45, 7) is 0. The van der Waals surface area contributed by atoms with E-state index in [9.17, 15) is 13.0 Å². The summed E-state index contributed by atoms with van der Waals surface area (Å²) in [6.07, 6.45) is 11.4. The third-order valence-corrected chi connectivity index (χ3v) is 3.81. The minimum Gasteiger partial charge on any atom is -0.726 e. The van der Waals surface area contributed by atoms with E-state index < -0.39 is 16.5 Å². The molecule has 0 aromatic rings. The lowest BCUT2D eigenvalue weighted by Crippen LogP contribution is -2.18. The molecule has 0 radical (unpaired) electrons. The molecule has 0 saturated heterocycles. The summed E-state index contributed by atoms with van der Waals surface area (Å²) in [5.74, 6) is 0. The SMILES string of the molecule is O=S(=O)([O-])OC1CCCCCCCCCCC1. The molecule has 17 heavy (non-hydrogen) atoms. The standard InChI is InChI=1S/C12H24O4S/c13-17(14,15)16-12-10-8-6-4-2-1-3-5-7-9-11-12/h12H,1-11H2,(H,13,14,15)/p-1. The van der Waals surface area contributed by atoms with Crippen molar-refractivity contribution in [3.63, 3.8) is 0 Å². The molecule has 0 N–H and O–H groups in total. The van der Waals surface area contributed by atoms with Crippen LogP contribution in [0, 0.1) is 0 Å². The molecule has 0 spiro atoms. The van der Waals surface area contributed by atoms with E-state index in [4.69, 9.17) is 0 Å². The Labute approximate surface area is 105 Å². The molecule has 102 valence electrons. The second kappa shape index (κ2) is 8.06. The normalized spacial score (nSPS) is 22.6. The number of hydrogen-bond acceptors (Lipinski definition) is 4. The van der Waals surface area contributed by atoms with Crippen LogP contribution in [0.1, 0.15) is 70.6 Å². The van der Waals surface area contributed by atoms with Crippen molar-refractivity contribution in [1.29, 1.82) is 0 Å². The molecule has 0 aliphatic heterocycles. The molecule has 0 atom stereocenters. The van der Waals surface area contributed by atoms with Gasteiger partial charge in [0.25, 0.3) is 0 Å². The van der Waals surface area contributed by atoms with Gasteiger partial charge in [0.15, 0.2) is 0 Å². The summed E-state index contributed by atoms with van der Waals surface area (Å²) in [5.41, 5.74) is 0. The molecular formula is C12H23O4S-. The minimum absolute atomic E-state index is 0.392. The lowest BCUT2D eigenvalue weighted by atomic mass is 10.00. The van der Waals surface area contributed by atoms with E-state index in [1.54, 1.807) is 0 Å². The molecule has 1 saturated carbocycles. The Morgan fingerprint density at radius 2 is 1.12 bits per heavy atom. The van der Waals surface area contributed by atoms with Gasteiger partial charge in [0, 0.05) is 0 Å². The highest BCUT2D eigenvalue weighted by molar-refractivity contribution is 7.80. The fourth-order valence-electron chi connectivity index (χ4n) is 2.39. The first-order chi connectivity index (χ1) is 8.08. The summed E-state index contributed by atoms with van der Waals surface area (Å²) in [5, 5.41) is 0. The maximum absolute atomic E-state index is 10.6. The van der Waals surface area contributed by atoms with Gasteiger partial charge in [-0.15, -0.1) is 0 Å². The van der Waals surface area contributed by atoms with Crippen molar-refractivity contribution in [2.45, 2.75) is 76.7 Å². The van der Waals surface area contributed by atoms with Crippen molar-refractivity contribution in [3.8, 4) is 0 Å². The Bertz CT molecular complexity index is 275. The van der Waals surface area contributed by atoms with E-state index in [0.29, 0.717) is 12.8 Å². The van der Waals surface area contributed by atoms with Crippen LogP contribution in [0.5, 0.6) is 0 Å². The molecular weight excluding hydrogens is 240 g/mol. The molecule has 5 heteroatoms. The Hall–Kier alpha value is -0.130. The Balaban J connectivity index is 2.37.